The Morgan fingerprint density at radius 1 is 1.40 bits per heavy atom. The Balaban J connectivity index is 1.54. The lowest BCUT2D eigenvalue weighted by molar-refractivity contribution is 0.0841. The second-order valence-electron chi connectivity index (χ2n) is 3.99. The molecule has 84 valence electrons. The van der Waals surface area contributed by atoms with E-state index in [0.29, 0.717) is 5.92 Å². The number of aromatic nitrogens is 3. The molecule has 5 nitrogen and oxygen atoms in total. The summed E-state index contributed by atoms with van der Waals surface area (Å²) in [7, 11) is 0. The molecule has 1 saturated heterocycles. The summed E-state index contributed by atoms with van der Waals surface area (Å²) in [6.07, 6.45) is 6.00. The first-order chi connectivity index (χ1) is 7.45. The monoisotopic (exact) mass is 210 g/mol. The Morgan fingerprint density at radius 3 is 3.00 bits per heavy atom. The number of hydrogen-bond donors (Lipinski definition) is 1. The number of nitrogens with zero attached hydrogens (tertiary/aromatic N) is 3. The van der Waals surface area contributed by atoms with E-state index in [1.54, 1.807) is 12.7 Å². The second-order valence-corrected chi connectivity index (χ2v) is 3.99. The predicted molar refractivity (Wildman–Crippen MR) is 56.4 cm³/mol. The Kier molecular flexibility index (Phi) is 4.11. The topological polar surface area (TPSA) is 52.0 Å². The van der Waals surface area contributed by atoms with Gasteiger partial charge in [-0.2, -0.15) is 0 Å². The molecule has 1 fully saturated rings. The number of rotatable bonds is 5. The molecule has 1 aromatic heterocycles. The van der Waals surface area contributed by atoms with Crippen LogP contribution in [-0.2, 0) is 11.3 Å². The van der Waals surface area contributed by atoms with Crippen molar-refractivity contribution in [2.24, 2.45) is 5.92 Å². The molecule has 1 aliphatic rings. The fourth-order valence-corrected chi connectivity index (χ4v) is 1.82. The molecule has 1 N–H and O–H groups in total. The van der Waals surface area contributed by atoms with E-state index in [1.807, 2.05) is 4.57 Å². The minimum atomic E-state index is 0.694. The molecule has 15 heavy (non-hydrogen) atoms. The number of hydrogen-bond acceptors (Lipinski definition) is 4. The lowest BCUT2D eigenvalue weighted by Gasteiger charge is -2.22. The number of piperidine rings is 1. The highest BCUT2D eigenvalue weighted by Gasteiger charge is 2.12. The van der Waals surface area contributed by atoms with E-state index < -0.39 is 0 Å². The largest absolute Gasteiger partial charge is 0.379 e. The Labute approximate surface area is 89.8 Å². The van der Waals surface area contributed by atoms with Crippen molar-refractivity contribution in [2.75, 3.05) is 26.3 Å². The van der Waals surface area contributed by atoms with Crippen LogP contribution in [0.4, 0.5) is 0 Å². The highest BCUT2D eigenvalue weighted by Crippen LogP contribution is 2.09. The molecule has 1 atom stereocenters. The van der Waals surface area contributed by atoms with Gasteiger partial charge in [-0.15, -0.1) is 10.2 Å². The molecule has 2 heterocycles. The van der Waals surface area contributed by atoms with Crippen LogP contribution < -0.4 is 5.32 Å². The molecule has 1 aromatic rings. The lowest BCUT2D eigenvalue weighted by atomic mass is 10.0. The summed E-state index contributed by atoms with van der Waals surface area (Å²) < 4.78 is 7.56. The van der Waals surface area contributed by atoms with Gasteiger partial charge in [0.2, 0.25) is 0 Å². The van der Waals surface area contributed by atoms with Crippen LogP contribution >= 0.6 is 0 Å². The second kappa shape index (κ2) is 5.82. The fourth-order valence-electron chi connectivity index (χ4n) is 1.82. The van der Waals surface area contributed by atoms with Crippen LogP contribution in [0.2, 0.25) is 0 Å². The molecular formula is C10H18N4O. The maximum absolute atomic E-state index is 5.63. The first kappa shape index (κ1) is 10.6. The van der Waals surface area contributed by atoms with Crippen molar-refractivity contribution in [1.29, 1.82) is 0 Å². The summed E-state index contributed by atoms with van der Waals surface area (Å²) in [4.78, 5) is 0. The first-order valence-corrected chi connectivity index (χ1v) is 5.56. The van der Waals surface area contributed by atoms with E-state index in [2.05, 4.69) is 15.5 Å². The van der Waals surface area contributed by atoms with Gasteiger partial charge in [-0.3, -0.25) is 0 Å². The van der Waals surface area contributed by atoms with Gasteiger partial charge in [-0.1, -0.05) is 0 Å². The molecule has 1 aliphatic heterocycles. The van der Waals surface area contributed by atoms with Crippen LogP contribution in [0.15, 0.2) is 12.7 Å². The van der Waals surface area contributed by atoms with Crippen molar-refractivity contribution in [2.45, 2.75) is 19.4 Å². The minimum absolute atomic E-state index is 0.694. The summed E-state index contributed by atoms with van der Waals surface area (Å²) in [5.41, 5.74) is 0. The maximum Gasteiger partial charge on any atom is 0.119 e. The van der Waals surface area contributed by atoms with Gasteiger partial charge < -0.3 is 14.6 Å². The van der Waals surface area contributed by atoms with E-state index in [0.717, 1.165) is 32.8 Å². The smallest absolute Gasteiger partial charge is 0.119 e. The van der Waals surface area contributed by atoms with Gasteiger partial charge >= 0.3 is 0 Å². The summed E-state index contributed by atoms with van der Waals surface area (Å²) in [5, 5.41) is 10.9. The standard InChI is InChI=1S/C10H18N4O/c1-2-10(6-11-3-1)7-15-5-4-14-8-12-13-9-14/h8-11H,1-7H2/t10-/m0/s1. The van der Waals surface area contributed by atoms with Crippen molar-refractivity contribution < 1.29 is 4.74 Å². The normalized spacial score (nSPS) is 21.7. The molecule has 0 bridgehead atoms. The molecule has 5 heteroatoms. The van der Waals surface area contributed by atoms with Crippen LogP contribution in [-0.4, -0.2) is 41.1 Å². The average Bonchev–Trinajstić information content (AvgIpc) is 2.79. The number of ether oxygens (including phenoxy) is 1. The zero-order valence-electron chi connectivity index (χ0n) is 8.93. The lowest BCUT2D eigenvalue weighted by Crippen LogP contribution is -2.32. The Hall–Kier alpha value is -0.940. The van der Waals surface area contributed by atoms with E-state index in [9.17, 15) is 0 Å². The van der Waals surface area contributed by atoms with Crippen molar-refractivity contribution in [3.05, 3.63) is 12.7 Å². The first-order valence-electron chi connectivity index (χ1n) is 5.56. The van der Waals surface area contributed by atoms with E-state index >= 15 is 0 Å². The molecule has 0 spiro atoms. The van der Waals surface area contributed by atoms with Crippen molar-refractivity contribution in [1.82, 2.24) is 20.1 Å². The molecule has 0 aromatic carbocycles. The Morgan fingerprint density at radius 2 is 2.27 bits per heavy atom. The molecule has 0 saturated carbocycles. The van der Waals surface area contributed by atoms with Gasteiger partial charge in [-0.25, -0.2) is 0 Å². The van der Waals surface area contributed by atoms with Gasteiger partial charge in [0.1, 0.15) is 12.7 Å². The van der Waals surface area contributed by atoms with E-state index in [4.69, 9.17) is 4.74 Å². The molecule has 0 unspecified atom stereocenters. The molecule has 0 aliphatic carbocycles. The van der Waals surface area contributed by atoms with Crippen LogP contribution in [0.3, 0.4) is 0 Å². The average molecular weight is 210 g/mol. The highest BCUT2D eigenvalue weighted by molar-refractivity contribution is 4.68. The van der Waals surface area contributed by atoms with Crippen molar-refractivity contribution in [3.63, 3.8) is 0 Å². The van der Waals surface area contributed by atoms with E-state index in [-0.39, 0.29) is 0 Å². The highest BCUT2D eigenvalue weighted by atomic mass is 16.5. The third-order valence-corrected chi connectivity index (χ3v) is 2.71. The van der Waals surface area contributed by atoms with Gasteiger partial charge in [0.25, 0.3) is 0 Å². The van der Waals surface area contributed by atoms with Crippen molar-refractivity contribution in [3.8, 4) is 0 Å². The van der Waals surface area contributed by atoms with Gasteiger partial charge in [0.15, 0.2) is 0 Å². The molecule has 2 rings (SSSR count). The third-order valence-electron chi connectivity index (χ3n) is 2.71. The van der Waals surface area contributed by atoms with Crippen LogP contribution in [0, 0.1) is 5.92 Å². The van der Waals surface area contributed by atoms with Gasteiger partial charge in [-0.05, 0) is 25.3 Å². The SMILES string of the molecule is c1nncn1CCOC[C@H]1CCCNC1. The zero-order chi connectivity index (χ0) is 10.3. The van der Waals surface area contributed by atoms with Crippen LogP contribution in [0.5, 0.6) is 0 Å². The molecule has 0 radical (unpaired) electrons. The quantitative estimate of drug-likeness (QED) is 0.710. The zero-order valence-corrected chi connectivity index (χ0v) is 8.93. The maximum atomic E-state index is 5.63. The predicted octanol–water partition coefficient (Wildman–Crippen LogP) is 0.294. The summed E-state index contributed by atoms with van der Waals surface area (Å²) >= 11 is 0. The van der Waals surface area contributed by atoms with Gasteiger partial charge in [0.05, 0.1) is 13.2 Å². The van der Waals surface area contributed by atoms with E-state index in [1.165, 1.54) is 12.8 Å². The van der Waals surface area contributed by atoms with Gasteiger partial charge in [0, 0.05) is 13.1 Å². The van der Waals surface area contributed by atoms with Crippen LogP contribution in [0.1, 0.15) is 12.8 Å². The molecule has 0 amide bonds. The number of nitrogens with one attached hydrogen (secondary N) is 1. The molecular weight excluding hydrogens is 192 g/mol. The van der Waals surface area contributed by atoms with Crippen molar-refractivity contribution >= 4 is 0 Å². The minimum Gasteiger partial charge on any atom is -0.379 e. The summed E-state index contributed by atoms with van der Waals surface area (Å²) in [6, 6.07) is 0. The fraction of sp³-hybridized carbons (Fsp3) is 0.800. The Bertz CT molecular complexity index is 256. The third kappa shape index (κ3) is 3.60. The summed E-state index contributed by atoms with van der Waals surface area (Å²) in [5.74, 6) is 0.694. The summed E-state index contributed by atoms with van der Waals surface area (Å²) in [6.45, 7) is 4.72. The van der Waals surface area contributed by atoms with Crippen LogP contribution in [0.25, 0.3) is 0 Å².